The molecule has 0 aromatic carbocycles. The summed E-state index contributed by atoms with van der Waals surface area (Å²) < 4.78 is 1.62. The minimum atomic E-state index is -0.246. The van der Waals surface area contributed by atoms with Gasteiger partial charge in [-0.3, -0.25) is 4.57 Å². The lowest BCUT2D eigenvalue weighted by Crippen LogP contribution is -2.45. The van der Waals surface area contributed by atoms with E-state index in [1.165, 1.54) is 6.33 Å². The maximum atomic E-state index is 11.3. The molecule has 0 radical (unpaired) electrons. The monoisotopic (exact) mass is 182 g/mol. The number of rotatable bonds is 3. The molecule has 72 valence electrons. The van der Waals surface area contributed by atoms with E-state index in [2.05, 4.69) is 10.2 Å². The summed E-state index contributed by atoms with van der Waals surface area (Å²) in [6.45, 7) is 2.50. The van der Waals surface area contributed by atoms with Crippen molar-refractivity contribution >= 4 is 0 Å². The molecule has 1 atom stereocenters. The van der Waals surface area contributed by atoms with Crippen molar-refractivity contribution in [3.63, 3.8) is 0 Å². The van der Waals surface area contributed by atoms with Gasteiger partial charge in [-0.1, -0.05) is 0 Å². The molecule has 1 heterocycles. The molecule has 0 spiro atoms. The first-order chi connectivity index (χ1) is 6.18. The van der Waals surface area contributed by atoms with Crippen LogP contribution in [0.5, 0.6) is 0 Å². The van der Waals surface area contributed by atoms with Crippen molar-refractivity contribution in [2.24, 2.45) is 11.7 Å². The Morgan fingerprint density at radius 2 is 2.54 bits per heavy atom. The van der Waals surface area contributed by atoms with E-state index in [1.807, 2.05) is 6.92 Å². The molecule has 1 fully saturated rings. The zero-order valence-electron chi connectivity index (χ0n) is 7.66. The van der Waals surface area contributed by atoms with Crippen molar-refractivity contribution < 1.29 is 0 Å². The molecule has 1 aromatic heterocycles. The van der Waals surface area contributed by atoms with Crippen molar-refractivity contribution in [1.82, 2.24) is 14.8 Å². The van der Waals surface area contributed by atoms with Crippen LogP contribution < -0.4 is 11.4 Å². The van der Waals surface area contributed by atoms with Gasteiger partial charge in [-0.25, -0.2) is 9.89 Å². The van der Waals surface area contributed by atoms with E-state index in [0.29, 0.717) is 12.5 Å². The summed E-state index contributed by atoms with van der Waals surface area (Å²) in [6, 6.07) is 0. The van der Waals surface area contributed by atoms with Gasteiger partial charge in [-0.15, -0.1) is 0 Å². The zero-order chi connectivity index (χ0) is 9.47. The third-order valence-electron chi connectivity index (χ3n) is 2.97. The van der Waals surface area contributed by atoms with Gasteiger partial charge in [-0.2, -0.15) is 5.10 Å². The molecule has 5 heteroatoms. The maximum Gasteiger partial charge on any atom is 0.343 e. The Hall–Kier alpha value is -1.10. The molecule has 2 rings (SSSR count). The molecule has 0 bridgehead atoms. The number of nitrogens with one attached hydrogen (secondary N) is 1. The largest absolute Gasteiger partial charge is 0.343 e. The summed E-state index contributed by atoms with van der Waals surface area (Å²) in [4.78, 5) is 11.3. The summed E-state index contributed by atoms with van der Waals surface area (Å²) in [5.41, 5.74) is 5.29. The SMILES string of the molecule is CC(CN)(C1CC1)n1cn[nH]c1=O. The van der Waals surface area contributed by atoms with Crippen molar-refractivity contribution in [2.75, 3.05) is 6.54 Å². The number of hydrogen-bond donors (Lipinski definition) is 2. The normalized spacial score (nSPS) is 21.4. The number of aromatic nitrogens is 3. The van der Waals surface area contributed by atoms with Crippen LogP contribution in [0.3, 0.4) is 0 Å². The first-order valence-corrected chi connectivity index (χ1v) is 4.51. The fourth-order valence-corrected chi connectivity index (χ4v) is 1.78. The summed E-state index contributed by atoms with van der Waals surface area (Å²) in [5.74, 6) is 0.535. The highest BCUT2D eigenvalue weighted by molar-refractivity contribution is 4.97. The summed E-state index contributed by atoms with van der Waals surface area (Å²) in [7, 11) is 0. The summed E-state index contributed by atoms with van der Waals surface area (Å²) >= 11 is 0. The summed E-state index contributed by atoms with van der Waals surface area (Å²) in [5, 5.41) is 6.11. The lowest BCUT2D eigenvalue weighted by molar-refractivity contribution is 0.273. The smallest absolute Gasteiger partial charge is 0.328 e. The van der Waals surface area contributed by atoms with Crippen LogP contribution in [-0.4, -0.2) is 21.3 Å². The zero-order valence-corrected chi connectivity index (χ0v) is 7.66. The van der Waals surface area contributed by atoms with E-state index in [4.69, 9.17) is 5.73 Å². The quantitative estimate of drug-likeness (QED) is 0.671. The second kappa shape index (κ2) is 2.70. The highest BCUT2D eigenvalue weighted by atomic mass is 16.1. The van der Waals surface area contributed by atoms with Crippen LogP contribution in [0.1, 0.15) is 19.8 Å². The van der Waals surface area contributed by atoms with Gasteiger partial charge < -0.3 is 5.73 Å². The second-order valence-corrected chi connectivity index (χ2v) is 3.87. The first kappa shape index (κ1) is 8.50. The molecule has 1 aromatic rings. The Morgan fingerprint density at radius 1 is 1.85 bits per heavy atom. The molecule has 13 heavy (non-hydrogen) atoms. The van der Waals surface area contributed by atoms with Gasteiger partial charge in [0.1, 0.15) is 6.33 Å². The Bertz CT molecular complexity index is 351. The molecule has 1 unspecified atom stereocenters. The summed E-state index contributed by atoms with van der Waals surface area (Å²) in [6.07, 6.45) is 3.85. The van der Waals surface area contributed by atoms with Crippen molar-refractivity contribution in [3.05, 3.63) is 16.8 Å². The minimum Gasteiger partial charge on any atom is -0.328 e. The van der Waals surface area contributed by atoms with Crippen LogP contribution in [0.2, 0.25) is 0 Å². The standard InChI is InChI=1S/C8H14N4O/c1-8(4-9,6-2-3-6)12-5-10-11-7(12)13/h5-6H,2-4,9H2,1H3,(H,11,13). The second-order valence-electron chi connectivity index (χ2n) is 3.87. The van der Waals surface area contributed by atoms with E-state index in [1.54, 1.807) is 4.57 Å². The molecule has 1 saturated carbocycles. The average molecular weight is 182 g/mol. The van der Waals surface area contributed by atoms with Crippen LogP contribution in [0.15, 0.2) is 11.1 Å². The van der Waals surface area contributed by atoms with Crippen molar-refractivity contribution in [1.29, 1.82) is 0 Å². The van der Waals surface area contributed by atoms with Gasteiger partial charge >= 0.3 is 5.69 Å². The number of hydrogen-bond acceptors (Lipinski definition) is 3. The van der Waals surface area contributed by atoms with Crippen LogP contribution >= 0.6 is 0 Å². The molecule has 0 aliphatic heterocycles. The third-order valence-corrected chi connectivity index (χ3v) is 2.97. The number of nitrogens with zero attached hydrogens (tertiary/aromatic N) is 2. The lowest BCUT2D eigenvalue weighted by Gasteiger charge is -2.28. The van der Waals surface area contributed by atoms with Gasteiger partial charge in [0.2, 0.25) is 0 Å². The van der Waals surface area contributed by atoms with Gasteiger partial charge in [0.25, 0.3) is 0 Å². The molecule has 0 amide bonds. The highest BCUT2D eigenvalue weighted by Crippen LogP contribution is 2.42. The predicted octanol–water partition coefficient (Wildman–Crippen LogP) is -0.345. The highest BCUT2D eigenvalue weighted by Gasteiger charge is 2.42. The number of H-pyrrole nitrogens is 1. The lowest BCUT2D eigenvalue weighted by atomic mass is 9.96. The van der Waals surface area contributed by atoms with E-state index < -0.39 is 0 Å². The number of nitrogens with two attached hydrogens (primary N) is 1. The fourth-order valence-electron chi connectivity index (χ4n) is 1.78. The van der Waals surface area contributed by atoms with E-state index in [0.717, 1.165) is 12.8 Å². The Kier molecular flexibility index (Phi) is 1.76. The van der Waals surface area contributed by atoms with Crippen molar-refractivity contribution in [3.8, 4) is 0 Å². The van der Waals surface area contributed by atoms with Crippen LogP contribution in [-0.2, 0) is 5.54 Å². The Labute approximate surface area is 75.9 Å². The minimum absolute atomic E-state index is 0.167. The Balaban J connectivity index is 2.41. The first-order valence-electron chi connectivity index (χ1n) is 4.51. The van der Waals surface area contributed by atoms with E-state index in [9.17, 15) is 4.79 Å². The number of aromatic amines is 1. The van der Waals surface area contributed by atoms with Gasteiger partial charge in [-0.05, 0) is 25.7 Å². The van der Waals surface area contributed by atoms with E-state index in [-0.39, 0.29) is 11.2 Å². The Morgan fingerprint density at radius 3 is 2.92 bits per heavy atom. The molecular weight excluding hydrogens is 168 g/mol. The molecule has 3 N–H and O–H groups in total. The predicted molar refractivity (Wildman–Crippen MR) is 48.3 cm³/mol. The van der Waals surface area contributed by atoms with Gasteiger partial charge in [0.05, 0.1) is 5.54 Å². The van der Waals surface area contributed by atoms with Crippen molar-refractivity contribution in [2.45, 2.75) is 25.3 Å². The van der Waals surface area contributed by atoms with E-state index >= 15 is 0 Å². The van der Waals surface area contributed by atoms with Crippen LogP contribution in [0.4, 0.5) is 0 Å². The van der Waals surface area contributed by atoms with Crippen LogP contribution in [0.25, 0.3) is 0 Å². The molecule has 5 nitrogen and oxygen atoms in total. The molecule has 1 aliphatic carbocycles. The molecule has 0 saturated heterocycles. The van der Waals surface area contributed by atoms with Crippen LogP contribution in [0, 0.1) is 5.92 Å². The average Bonchev–Trinajstić information content (AvgIpc) is 2.89. The molecule has 1 aliphatic rings. The van der Waals surface area contributed by atoms with Gasteiger partial charge in [0, 0.05) is 6.54 Å². The fraction of sp³-hybridized carbons (Fsp3) is 0.750. The maximum absolute atomic E-state index is 11.3. The molecular formula is C8H14N4O. The topological polar surface area (TPSA) is 76.7 Å². The third kappa shape index (κ3) is 1.19. The van der Waals surface area contributed by atoms with Gasteiger partial charge in [0.15, 0.2) is 0 Å².